The highest BCUT2D eigenvalue weighted by Gasteiger charge is 2.43. The largest absolute Gasteiger partial charge is 0.381 e. The molecule has 1 amide bonds. The van der Waals surface area contributed by atoms with Crippen molar-refractivity contribution in [2.75, 3.05) is 26.3 Å². The molecule has 1 aromatic rings. The molecule has 0 aliphatic carbocycles. The van der Waals surface area contributed by atoms with E-state index >= 15 is 0 Å². The Labute approximate surface area is 148 Å². The van der Waals surface area contributed by atoms with E-state index in [0.29, 0.717) is 31.1 Å². The Hall–Kier alpha value is -0.810. The summed E-state index contributed by atoms with van der Waals surface area (Å²) in [5, 5.41) is 7.26. The molecular weight excluding hydrogens is 335 g/mol. The number of rotatable bonds is 3. The van der Waals surface area contributed by atoms with E-state index in [-0.39, 0.29) is 24.4 Å². The fourth-order valence-corrected chi connectivity index (χ4v) is 3.79. The molecule has 2 saturated heterocycles. The molecule has 128 valence electrons. The summed E-state index contributed by atoms with van der Waals surface area (Å²) in [6.07, 6.45) is 3.35. The lowest BCUT2D eigenvalue weighted by Crippen LogP contribution is -2.53. The van der Waals surface area contributed by atoms with Gasteiger partial charge in [0.15, 0.2) is 0 Å². The zero-order valence-electron chi connectivity index (χ0n) is 13.1. The van der Waals surface area contributed by atoms with Gasteiger partial charge in [0.25, 0.3) is 0 Å². The number of halogens is 2. The van der Waals surface area contributed by atoms with Gasteiger partial charge in [-0.1, -0.05) is 29.8 Å². The fourth-order valence-electron chi connectivity index (χ4n) is 3.48. The van der Waals surface area contributed by atoms with Crippen LogP contribution in [0, 0.1) is 0 Å². The lowest BCUT2D eigenvalue weighted by molar-refractivity contribution is -0.131. The smallest absolute Gasteiger partial charge is 0.231 e. The van der Waals surface area contributed by atoms with Gasteiger partial charge in [0.2, 0.25) is 5.91 Å². The maximum atomic E-state index is 13.1. The molecule has 0 bridgehead atoms. The summed E-state index contributed by atoms with van der Waals surface area (Å²) in [7, 11) is 0. The summed E-state index contributed by atoms with van der Waals surface area (Å²) >= 11 is 6.40. The number of nitrogens with one attached hydrogen (secondary N) is 2. The first-order chi connectivity index (χ1) is 10.7. The minimum atomic E-state index is -0.554. The molecule has 2 N–H and O–H groups in total. The van der Waals surface area contributed by atoms with Gasteiger partial charge in [0.1, 0.15) is 0 Å². The lowest BCUT2D eigenvalue weighted by atomic mass is 9.73. The molecule has 0 saturated carbocycles. The van der Waals surface area contributed by atoms with Crippen molar-refractivity contribution in [2.45, 2.75) is 37.1 Å². The standard InChI is InChI=1S/C17H23ClN2O2.ClH/c18-15-4-2-1-3-14(15)17(7-11-22-12-8-17)16(21)20-13-5-9-19-10-6-13;/h1-4,13,19H,5-12H2,(H,20,21);1H. The molecule has 0 aromatic heterocycles. The Morgan fingerprint density at radius 2 is 1.87 bits per heavy atom. The number of amides is 1. The molecule has 2 aliphatic heterocycles. The minimum absolute atomic E-state index is 0. The Balaban J connectivity index is 0.00000192. The molecule has 0 atom stereocenters. The molecule has 3 rings (SSSR count). The van der Waals surface area contributed by atoms with Crippen molar-refractivity contribution >= 4 is 29.9 Å². The molecule has 23 heavy (non-hydrogen) atoms. The van der Waals surface area contributed by atoms with E-state index in [9.17, 15) is 4.79 Å². The van der Waals surface area contributed by atoms with Crippen LogP contribution in [-0.4, -0.2) is 38.3 Å². The van der Waals surface area contributed by atoms with Gasteiger partial charge in [-0.3, -0.25) is 4.79 Å². The van der Waals surface area contributed by atoms with Crippen LogP contribution in [0.5, 0.6) is 0 Å². The Bertz CT molecular complexity index is 527. The normalized spacial score (nSPS) is 21.3. The van der Waals surface area contributed by atoms with Crippen LogP contribution in [0.4, 0.5) is 0 Å². The SMILES string of the molecule is Cl.O=C(NC1CCNCC1)C1(c2ccccc2Cl)CCOCC1. The van der Waals surface area contributed by atoms with Crippen LogP contribution in [0.3, 0.4) is 0 Å². The monoisotopic (exact) mass is 358 g/mol. The minimum Gasteiger partial charge on any atom is -0.381 e. The van der Waals surface area contributed by atoms with Crippen LogP contribution in [0.25, 0.3) is 0 Å². The summed E-state index contributed by atoms with van der Waals surface area (Å²) in [5.41, 5.74) is 0.382. The summed E-state index contributed by atoms with van der Waals surface area (Å²) in [4.78, 5) is 13.1. The average molecular weight is 359 g/mol. The van der Waals surface area contributed by atoms with E-state index < -0.39 is 5.41 Å². The van der Waals surface area contributed by atoms with E-state index in [0.717, 1.165) is 31.5 Å². The highest BCUT2D eigenvalue weighted by Crippen LogP contribution is 2.39. The van der Waals surface area contributed by atoms with Gasteiger partial charge in [0.05, 0.1) is 5.41 Å². The van der Waals surface area contributed by atoms with Crippen LogP contribution in [0.2, 0.25) is 5.02 Å². The third-order valence-corrected chi connectivity index (χ3v) is 5.17. The second kappa shape index (κ2) is 8.34. The lowest BCUT2D eigenvalue weighted by Gasteiger charge is -2.38. The number of hydrogen-bond acceptors (Lipinski definition) is 3. The molecule has 4 nitrogen and oxygen atoms in total. The predicted molar refractivity (Wildman–Crippen MR) is 94.5 cm³/mol. The second-order valence-corrected chi connectivity index (χ2v) is 6.58. The zero-order valence-corrected chi connectivity index (χ0v) is 14.7. The number of carbonyl (C=O) groups is 1. The first-order valence-corrected chi connectivity index (χ1v) is 8.45. The van der Waals surface area contributed by atoms with Crippen molar-refractivity contribution in [3.8, 4) is 0 Å². The van der Waals surface area contributed by atoms with Crippen molar-refractivity contribution in [2.24, 2.45) is 0 Å². The van der Waals surface area contributed by atoms with Crippen molar-refractivity contribution < 1.29 is 9.53 Å². The number of ether oxygens (including phenoxy) is 1. The van der Waals surface area contributed by atoms with Crippen LogP contribution in [-0.2, 0) is 14.9 Å². The highest BCUT2D eigenvalue weighted by molar-refractivity contribution is 6.31. The average Bonchev–Trinajstić information content (AvgIpc) is 2.57. The van der Waals surface area contributed by atoms with Crippen molar-refractivity contribution in [3.05, 3.63) is 34.9 Å². The van der Waals surface area contributed by atoms with Crippen LogP contribution >= 0.6 is 24.0 Å². The van der Waals surface area contributed by atoms with E-state index in [1.165, 1.54) is 0 Å². The first kappa shape index (κ1) is 18.5. The number of piperidine rings is 1. The molecule has 6 heteroatoms. The zero-order chi connectivity index (χ0) is 15.4. The molecule has 0 spiro atoms. The van der Waals surface area contributed by atoms with Gasteiger partial charge < -0.3 is 15.4 Å². The Morgan fingerprint density at radius 3 is 2.52 bits per heavy atom. The molecule has 2 aliphatic rings. The molecule has 2 fully saturated rings. The first-order valence-electron chi connectivity index (χ1n) is 8.07. The fraction of sp³-hybridized carbons (Fsp3) is 0.588. The number of benzene rings is 1. The quantitative estimate of drug-likeness (QED) is 0.873. The third-order valence-electron chi connectivity index (χ3n) is 4.84. The summed E-state index contributed by atoms with van der Waals surface area (Å²) in [5.74, 6) is 0.107. The predicted octanol–water partition coefficient (Wildman–Crippen LogP) is 2.68. The van der Waals surface area contributed by atoms with Crippen molar-refractivity contribution in [1.82, 2.24) is 10.6 Å². The highest BCUT2D eigenvalue weighted by atomic mass is 35.5. The molecule has 1 aromatic carbocycles. The van der Waals surface area contributed by atoms with E-state index in [1.54, 1.807) is 0 Å². The maximum absolute atomic E-state index is 13.1. The molecule has 0 radical (unpaired) electrons. The molecule has 0 unspecified atom stereocenters. The van der Waals surface area contributed by atoms with Gasteiger partial charge in [-0.15, -0.1) is 12.4 Å². The molecular formula is C17H24Cl2N2O2. The summed E-state index contributed by atoms with van der Waals surface area (Å²) < 4.78 is 5.49. The third kappa shape index (κ3) is 4.00. The number of carbonyl (C=O) groups excluding carboxylic acids is 1. The Kier molecular flexibility index (Phi) is 6.72. The van der Waals surface area contributed by atoms with E-state index in [1.807, 2.05) is 24.3 Å². The maximum Gasteiger partial charge on any atom is 0.231 e. The molecule has 2 heterocycles. The van der Waals surface area contributed by atoms with Gasteiger partial charge in [-0.25, -0.2) is 0 Å². The van der Waals surface area contributed by atoms with Gasteiger partial charge >= 0.3 is 0 Å². The van der Waals surface area contributed by atoms with Crippen LogP contribution < -0.4 is 10.6 Å². The second-order valence-electron chi connectivity index (χ2n) is 6.17. The van der Waals surface area contributed by atoms with Gasteiger partial charge in [-0.2, -0.15) is 0 Å². The van der Waals surface area contributed by atoms with E-state index in [2.05, 4.69) is 10.6 Å². The van der Waals surface area contributed by atoms with Crippen LogP contribution in [0.1, 0.15) is 31.2 Å². The summed E-state index contributed by atoms with van der Waals surface area (Å²) in [6, 6.07) is 7.97. The van der Waals surface area contributed by atoms with Crippen LogP contribution in [0.15, 0.2) is 24.3 Å². The van der Waals surface area contributed by atoms with Crippen molar-refractivity contribution in [1.29, 1.82) is 0 Å². The van der Waals surface area contributed by atoms with E-state index in [4.69, 9.17) is 16.3 Å². The number of hydrogen-bond donors (Lipinski definition) is 2. The topological polar surface area (TPSA) is 50.4 Å². The van der Waals surface area contributed by atoms with Gasteiger partial charge in [0, 0.05) is 24.3 Å². The van der Waals surface area contributed by atoms with Crippen molar-refractivity contribution in [3.63, 3.8) is 0 Å². The Morgan fingerprint density at radius 1 is 1.22 bits per heavy atom. The van der Waals surface area contributed by atoms with Gasteiger partial charge in [-0.05, 0) is 50.4 Å². The summed E-state index contributed by atoms with van der Waals surface area (Å²) in [6.45, 7) is 3.13.